The zero-order valence-corrected chi connectivity index (χ0v) is 27.4. The number of aliphatic hydroxyl groups excluding tert-OH is 1. The Labute approximate surface area is 280 Å². The number of rotatable bonds is 9. The Hall–Kier alpha value is -4.93. The van der Waals surface area contributed by atoms with Crippen molar-refractivity contribution in [2.24, 2.45) is 0 Å². The number of aliphatic hydroxyl groups is 1. The Kier molecular flexibility index (Phi) is 8.53. The average Bonchev–Trinajstić information content (AvgIpc) is 3.78. The maximum Gasteiger partial charge on any atom is 0.301 e. The molecular formula is C37H31N3O5S2. The molecule has 2 atom stereocenters. The molecule has 1 N–H and O–H groups in total. The molecule has 1 amide bonds. The van der Waals surface area contributed by atoms with E-state index >= 15 is 0 Å². The maximum atomic E-state index is 13.8. The lowest BCUT2D eigenvalue weighted by Gasteiger charge is -2.23. The van der Waals surface area contributed by atoms with Gasteiger partial charge in [-0.05, 0) is 66.4 Å². The van der Waals surface area contributed by atoms with Gasteiger partial charge in [0, 0.05) is 17.7 Å². The Bertz CT molecular complexity index is 1990. The highest BCUT2D eigenvalue weighted by Crippen LogP contribution is 2.45. The zero-order valence-electron chi connectivity index (χ0n) is 25.8. The van der Waals surface area contributed by atoms with E-state index in [1.165, 1.54) is 33.6 Å². The van der Waals surface area contributed by atoms with Crippen LogP contribution in [0.2, 0.25) is 0 Å². The van der Waals surface area contributed by atoms with Crippen LogP contribution in [0.25, 0.3) is 5.76 Å². The molecule has 2 aliphatic heterocycles. The maximum absolute atomic E-state index is 13.8. The van der Waals surface area contributed by atoms with Gasteiger partial charge in [-0.2, -0.15) is 0 Å². The molecule has 0 saturated carbocycles. The standard InChI is InChI=1S/C37H31N3O5S2/c1-22-11-13-25(14-12-22)21-46-37-39-38-36(47-37)40-32(26-9-6-10-29(19-26)44-20-24-7-4-3-5-8-24)31(34(42)35(40)43)33(41)27-15-16-30-28(18-27)17-23(2)45-30/h3-16,18-19,23,32,41H,17,20-21H2,1-2H3/t23-,32+/m0/s1. The summed E-state index contributed by atoms with van der Waals surface area (Å²) in [6.07, 6.45) is 0.699. The van der Waals surface area contributed by atoms with Crippen molar-refractivity contribution < 1.29 is 24.2 Å². The second kappa shape index (κ2) is 13.1. The van der Waals surface area contributed by atoms with Crippen LogP contribution in [0.4, 0.5) is 5.13 Å². The Morgan fingerprint density at radius 3 is 2.60 bits per heavy atom. The number of nitrogens with zero attached hydrogens (tertiary/aromatic N) is 3. The molecule has 10 heteroatoms. The summed E-state index contributed by atoms with van der Waals surface area (Å²) >= 11 is 2.75. The van der Waals surface area contributed by atoms with Gasteiger partial charge in [0.1, 0.15) is 30.0 Å². The molecule has 2 aliphatic rings. The van der Waals surface area contributed by atoms with Crippen molar-refractivity contribution in [1.82, 2.24) is 10.2 Å². The number of aryl methyl sites for hydroxylation is 1. The molecule has 3 heterocycles. The number of Topliss-reactive ketones (excluding diaryl/α,β-unsaturated/α-hetero) is 1. The van der Waals surface area contributed by atoms with Crippen molar-refractivity contribution in [3.05, 3.63) is 136 Å². The quantitative estimate of drug-likeness (QED) is 0.0565. The molecule has 0 aliphatic carbocycles. The van der Waals surface area contributed by atoms with Gasteiger partial charge in [-0.3, -0.25) is 14.5 Å². The number of thioether (sulfide) groups is 1. The average molecular weight is 662 g/mol. The highest BCUT2D eigenvalue weighted by atomic mass is 32.2. The molecule has 0 bridgehead atoms. The Morgan fingerprint density at radius 2 is 1.79 bits per heavy atom. The molecule has 0 unspecified atom stereocenters. The van der Waals surface area contributed by atoms with E-state index in [1.807, 2.05) is 68.4 Å². The molecular weight excluding hydrogens is 631 g/mol. The van der Waals surface area contributed by atoms with Crippen LogP contribution in [0.15, 0.2) is 107 Å². The monoisotopic (exact) mass is 661 g/mol. The number of fused-ring (bicyclic) bond motifs is 1. The first-order chi connectivity index (χ1) is 22.8. The van der Waals surface area contributed by atoms with E-state index in [1.54, 1.807) is 18.2 Å². The number of ether oxygens (including phenoxy) is 2. The van der Waals surface area contributed by atoms with Gasteiger partial charge >= 0.3 is 5.91 Å². The largest absolute Gasteiger partial charge is 0.507 e. The highest BCUT2D eigenvalue weighted by Gasteiger charge is 2.48. The van der Waals surface area contributed by atoms with Crippen molar-refractivity contribution in [1.29, 1.82) is 0 Å². The van der Waals surface area contributed by atoms with Crippen molar-refractivity contribution >= 4 is 45.7 Å². The summed E-state index contributed by atoms with van der Waals surface area (Å²) < 4.78 is 12.6. The van der Waals surface area contributed by atoms with E-state index in [0.717, 1.165) is 22.4 Å². The van der Waals surface area contributed by atoms with Gasteiger partial charge in [0.15, 0.2) is 4.34 Å². The Balaban J connectivity index is 1.25. The second-order valence-electron chi connectivity index (χ2n) is 11.6. The van der Waals surface area contributed by atoms with Crippen LogP contribution >= 0.6 is 23.1 Å². The number of hydrogen-bond donors (Lipinski definition) is 1. The van der Waals surface area contributed by atoms with Gasteiger partial charge in [0.2, 0.25) is 5.13 Å². The molecule has 7 rings (SSSR count). The van der Waals surface area contributed by atoms with Crippen LogP contribution in [0.5, 0.6) is 11.5 Å². The van der Waals surface area contributed by atoms with Crippen LogP contribution in [0, 0.1) is 6.92 Å². The van der Waals surface area contributed by atoms with E-state index in [0.29, 0.717) is 40.0 Å². The SMILES string of the molecule is Cc1ccc(CSc2nnc(N3C(=O)C(=O)C(=C(O)c4ccc5c(c4)C[C@H](C)O5)[C@H]3c3cccc(OCc4ccccc4)c3)s2)cc1. The molecule has 1 saturated heterocycles. The van der Waals surface area contributed by atoms with Crippen LogP contribution < -0.4 is 14.4 Å². The molecule has 4 aromatic carbocycles. The van der Waals surface area contributed by atoms with Gasteiger partial charge in [-0.25, -0.2) is 0 Å². The van der Waals surface area contributed by atoms with E-state index in [2.05, 4.69) is 34.5 Å². The lowest BCUT2D eigenvalue weighted by Crippen LogP contribution is -2.29. The first-order valence-corrected chi connectivity index (χ1v) is 17.0. The summed E-state index contributed by atoms with van der Waals surface area (Å²) in [5, 5.41) is 20.7. The Morgan fingerprint density at radius 1 is 0.979 bits per heavy atom. The van der Waals surface area contributed by atoms with Crippen molar-refractivity contribution in [2.75, 3.05) is 4.90 Å². The third kappa shape index (κ3) is 6.39. The number of anilines is 1. The molecule has 5 aromatic rings. The second-order valence-corrected chi connectivity index (χ2v) is 13.8. The summed E-state index contributed by atoms with van der Waals surface area (Å²) in [6.45, 7) is 4.37. The third-order valence-electron chi connectivity index (χ3n) is 8.12. The number of benzene rings is 4. The smallest absolute Gasteiger partial charge is 0.301 e. The number of carbonyl (C=O) groups excluding carboxylic acids is 2. The van der Waals surface area contributed by atoms with Crippen LogP contribution in [-0.2, 0) is 28.4 Å². The highest BCUT2D eigenvalue weighted by molar-refractivity contribution is 8.00. The summed E-state index contributed by atoms with van der Waals surface area (Å²) in [4.78, 5) is 28.9. The minimum atomic E-state index is -0.957. The van der Waals surface area contributed by atoms with Gasteiger partial charge in [-0.15, -0.1) is 10.2 Å². The van der Waals surface area contributed by atoms with E-state index in [4.69, 9.17) is 9.47 Å². The predicted octanol–water partition coefficient (Wildman–Crippen LogP) is 7.67. The summed E-state index contributed by atoms with van der Waals surface area (Å²) in [7, 11) is 0. The topological polar surface area (TPSA) is 102 Å². The predicted molar refractivity (Wildman–Crippen MR) is 183 cm³/mol. The number of carbonyl (C=O) groups is 2. The van der Waals surface area contributed by atoms with Crippen LogP contribution in [0.3, 0.4) is 0 Å². The summed E-state index contributed by atoms with van der Waals surface area (Å²) in [5.41, 5.74) is 5.27. The minimum absolute atomic E-state index is 0.0158. The number of ketones is 1. The molecule has 8 nitrogen and oxygen atoms in total. The van der Waals surface area contributed by atoms with Crippen LogP contribution in [0.1, 0.15) is 46.3 Å². The van der Waals surface area contributed by atoms with Gasteiger partial charge in [-0.1, -0.05) is 95.4 Å². The first-order valence-electron chi connectivity index (χ1n) is 15.2. The van der Waals surface area contributed by atoms with Crippen molar-refractivity contribution in [3.8, 4) is 11.5 Å². The lowest BCUT2D eigenvalue weighted by molar-refractivity contribution is -0.132. The fourth-order valence-electron chi connectivity index (χ4n) is 5.77. The zero-order chi connectivity index (χ0) is 32.5. The fraction of sp³-hybridized carbons (Fsp3) is 0.189. The fourth-order valence-corrected chi connectivity index (χ4v) is 7.60. The number of aromatic nitrogens is 2. The first kappa shape index (κ1) is 30.7. The third-order valence-corrected chi connectivity index (χ3v) is 10.2. The lowest BCUT2D eigenvalue weighted by atomic mass is 9.94. The molecule has 236 valence electrons. The summed E-state index contributed by atoms with van der Waals surface area (Å²) in [5.74, 6) is 0.158. The van der Waals surface area contributed by atoms with Crippen molar-refractivity contribution in [2.45, 2.75) is 49.1 Å². The summed E-state index contributed by atoms with van der Waals surface area (Å²) in [6, 6.07) is 29.7. The van der Waals surface area contributed by atoms with E-state index < -0.39 is 17.7 Å². The molecule has 1 aromatic heterocycles. The van der Waals surface area contributed by atoms with E-state index in [9.17, 15) is 14.7 Å². The van der Waals surface area contributed by atoms with Crippen LogP contribution in [-0.4, -0.2) is 33.1 Å². The molecule has 0 spiro atoms. The number of hydrogen-bond acceptors (Lipinski definition) is 9. The molecule has 1 fully saturated rings. The van der Waals surface area contributed by atoms with Crippen molar-refractivity contribution in [3.63, 3.8) is 0 Å². The molecule has 0 radical (unpaired) electrons. The van der Waals surface area contributed by atoms with Gasteiger partial charge in [0.05, 0.1) is 11.6 Å². The molecule has 47 heavy (non-hydrogen) atoms. The number of amides is 1. The van der Waals surface area contributed by atoms with Gasteiger partial charge in [0.25, 0.3) is 5.78 Å². The minimum Gasteiger partial charge on any atom is -0.507 e. The van der Waals surface area contributed by atoms with E-state index in [-0.39, 0.29) is 22.6 Å². The van der Waals surface area contributed by atoms with Gasteiger partial charge < -0.3 is 14.6 Å². The normalized spacial score (nSPS) is 18.3.